The fraction of sp³-hybridized carbons (Fsp3) is 0.200. The molecule has 0 N–H and O–H groups in total. The molecule has 0 aliphatic carbocycles. The van der Waals surface area contributed by atoms with E-state index in [9.17, 15) is 14.9 Å². The highest BCUT2D eigenvalue weighted by Gasteiger charge is 2.25. The number of hydrogen-bond donors (Lipinski definition) is 0. The summed E-state index contributed by atoms with van der Waals surface area (Å²) in [5, 5.41) is 17.6. The van der Waals surface area contributed by atoms with Crippen molar-refractivity contribution in [2.75, 3.05) is 36.0 Å². The van der Waals surface area contributed by atoms with Gasteiger partial charge in [-0.25, -0.2) is 4.68 Å². The van der Waals surface area contributed by atoms with Crippen LogP contribution in [0.2, 0.25) is 0 Å². The van der Waals surface area contributed by atoms with Crippen molar-refractivity contribution < 1.29 is 4.92 Å². The standard InChI is InChI=1S/C25H23N5O3/c1-27-25(31)21-10-6-5-9-20(21)24(26-27)18-11-12-22(23(17-18)30(32)33)29-15-13-28(14-16-29)19-7-3-2-4-8-19/h2-12,17H,13-16H2,1H3. The van der Waals surface area contributed by atoms with Crippen LogP contribution in [0.25, 0.3) is 22.0 Å². The third kappa shape index (κ3) is 3.80. The van der Waals surface area contributed by atoms with Crippen LogP contribution in [0.1, 0.15) is 0 Å². The summed E-state index contributed by atoms with van der Waals surface area (Å²) in [4.78, 5) is 28.5. The van der Waals surface area contributed by atoms with Gasteiger partial charge in [0.15, 0.2) is 0 Å². The number of rotatable bonds is 4. The molecule has 0 bridgehead atoms. The molecule has 8 nitrogen and oxygen atoms in total. The second-order valence-electron chi connectivity index (χ2n) is 8.09. The number of hydrogen-bond acceptors (Lipinski definition) is 6. The molecule has 0 radical (unpaired) electrons. The number of anilines is 2. The molecule has 166 valence electrons. The van der Waals surface area contributed by atoms with Crippen LogP contribution in [-0.4, -0.2) is 40.9 Å². The number of aryl methyl sites for hydroxylation is 1. The Morgan fingerprint density at radius 3 is 2.18 bits per heavy atom. The topological polar surface area (TPSA) is 84.5 Å². The SMILES string of the molecule is Cn1nc(-c2ccc(N3CCN(c4ccccc4)CC3)c([N+](=O)[O-])c2)c2ccccc2c1=O. The second-order valence-corrected chi connectivity index (χ2v) is 8.09. The van der Waals surface area contributed by atoms with E-state index in [1.165, 1.54) is 4.68 Å². The maximum atomic E-state index is 12.5. The van der Waals surface area contributed by atoms with Crippen molar-refractivity contribution in [2.24, 2.45) is 7.05 Å². The molecule has 33 heavy (non-hydrogen) atoms. The molecule has 1 saturated heterocycles. The number of nitro groups is 1. The van der Waals surface area contributed by atoms with E-state index in [0.29, 0.717) is 40.8 Å². The normalized spacial score (nSPS) is 14.0. The predicted octanol–water partition coefficient (Wildman–Crippen LogP) is 3.84. The molecule has 0 saturated carbocycles. The van der Waals surface area contributed by atoms with Crippen molar-refractivity contribution in [1.82, 2.24) is 9.78 Å². The smallest absolute Gasteiger partial charge is 0.293 e. The van der Waals surface area contributed by atoms with Crippen molar-refractivity contribution in [1.29, 1.82) is 0 Å². The number of nitro benzene ring substituents is 1. The van der Waals surface area contributed by atoms with Gasteiger partial charge in [0.25, 0.3) is 11.2 Å². The lowest BCUT2D eigenvalue weighted by Crippen LogP contribution is -2.46. The second kappa shape index (κ2) is 8.38. The van der Waals surface area contributed by atoms with Crippen LogP contribution in [0.3, 0.4) is 0 Å². The summed E-state index contributed by atoms with van der Waals surface area (Å²) < 4.78 is 1.28. The van der Waals surface area contributed by atoms with Gasteiger partial charge in [-0.3, -0.25) is 14.9 Å². The Balaban J connectivity index is 1.49. The molecule has 0 amide bonds. The van der Waals surface area contributed by atoms with Gasteiger partial charge in [-0.1, -0.05) is 42.5 Å². The third-order valence-corrected chi connectivity index (χ3v) is 6.14. The average molecular weight is 441 g/mol. The summed E-state index contributed by atoms with van der Waals surface area (Å²) in [6.45, 7) is 2.96. The number of fused-ring (bicyclic) bond motifs is 1. The van der Waals surface area contributed by atoms with Crippen LogP contribution < -0.4 is 15.4 Å². The highest BCUT2D eigenvalue weighted by Crippen LogP contribution is 2.35. The Labute approximate surface area is 190 Å². The van der Waals surface area contributed by atoms with E-state index in [-0.39, 0.29) is 16.2 Å². The summed E-state index contributed by atoms with van der Waals surface area (Å²) >= 11 is 0. The molecule has 1 aliphatic rings. The fourth-order valence-corrected chi connectivity index (χ4v) is 4.44. The van der Waals surface area contributed by atoms with Crippen LogP contribution >= 0.6 is 0 Å². The maximum absolute atomic E-state index is 12.5. The Kier molecular flexibility index (Phi) is 5.26. The molecular weight excluding hydrogens is 418 g/mol. The van der Waals surface area contributed by atoms with Crippen molar-refractivity contribution in [3.8, 4) is 11.3 Å². The lowest BCUT2D eigenvalue weighted by molar-refractivity contribution is -0.384. The van der Waals surface area contributed by atoms with E-state index in [1.807, 2.05) is 36.4 Å². The van der Waals surface area contributed by atoms with Crippen LogP contribution in [0.15, 0.2) is 77.6 Å². The molecule has 1 aromatic heterocycles. The quantitative estimate of drug-likeness (QED) is 0.353. The minimum atomic E-state index is -0.341. The minimum absolute atomic E-state index is 0.0420. The van der Waals surface area contributed by atoms with E-state index in [2.05, 4.69) is 27.0 Å². The molecule has 8 heteroatoms. The molecule has 5 rings (SSSR count). The van der Waals surface area contributed by atoms with Crippen molar-refractivity contribution in [3.63, 3.8) is 0 Å². The summed E-state index contributed by atoms with van der Waals surface area (Å²) in [7, 11) is 1.59. The van der Waals surface area contributed by atoms with Gasteiger partial charge in [-0.2, -0.15) is 5.10 Å². The van der Waals surface area contributed by atoms with Gasteiger partial charge >= 0.3 is 0 Å². The van der Waals surface area contributed by atoms with Gasteiger partial charge in [0.2, 0.25) is 0 Å². The molecule has 0 unspecified atom stereocenters. The minimum Gasteiger partial charge on any atom is -0.368 e. The maximum Gasteiger partial charge on any atom is 0.293 e. The zero-order valence-electron chi connectivity index (χ0n) is 18.2. The zero-order valence-corrected chi connectivity index (χ0v) is 18.2. The van der Waals surface area contributed by atoms with Crippen LogP contribution in [0.4, 0.5) is 17.1 Å². The number of piperazine rings is 1. The molecular formula is C25H23N5O3. The first kappa shape index (κ1) is 20.7. The summed E-state index contributed by atoms with van der Waals surface area (Å²) in [6.07, 6.45) is 0. The molecule has 2 heterocycles. The Morgan fingerprint density at radius 2 is 1.48 bits per heavy atom. The van der Waals surface area contributed by atoms with E-state index in [0.717, 1.165) is 18.8 Å². The number of para-hydroxylation sites is 1. The first-order valence-electron chi connectivity index (χ1n) is 10.8. The van der Waals surface area contributed by atoms with E-state index >= 15 is 0 Å². The Bertz CT molecular complexity index is 1390. The number of nitrogens with zero attached hydrogens (tertiary/aromatic N) is 5. The van der Waals surface area contributed by atoms with Gasteiger partial charge in [0, 0.05) is 55.9 Å². The van der Waals surface area contributed by atoms with Gasteiger partial charge in [-0.15, -0.1) is 0 Å². The lowest BCUT2D eigenvalue weighted by Gasteiger charge is -2.37. The average Bonchev–Trinajstić information content (AvgIpc) is 2.86. The lowest BCUT2D eigenvalue weighted by atomic mass is 10.0. The molecule has 4 aromatic rings. The molecule has 3 aromatic carbocycles. The van der Waals surface area contributed by atoms with Gasteiger partial charge in [-0.05, 0) is 24.3 Å². The van der Waals surface area contributed by atoms with Crippen LogP contribution in [-0.2, 0) is 7.05 Å². The molecule has 1 fully saturated rings. The van der Waals surface area contributed by atoms with E-state index < -0.39 is 0 Å². The highest BCUT2D eigenvalue weighted by molar-refractivity contribution is 5.94. The Hall–Kier alpha value is -4.20. The number of benzene rings is 3. The zero-order chi connectivity index (χ0) is 22.9. The summed E-state index contributed by atoms with van der Waals surface area (Å²) in [5.74, 6) is 0. The largest absolute Gasteiger partial charge is 0.368 e. The van der Waals surface area contributed by atoms with E-state index in [4.69, 9.17) is 0 Å². The van der Waals surface area contributed by atoms with Gasteiger partial charge in [0.1, 0.15) is 5.69 Å². The first-order chi connectivity index (χ1) is 16.0. The number of aromatic nitrogens is 2. The van der Waals surface area contributed by atoms with Crippen LogP contribution in [0.5, 0.6) is 0 Å². The Morgan fingerprint density at radius 1 is 0.848 bits per heavy atom. The molecule has 1 aliphatic heterocycles. The van der Waals surface area contributed by atoms with Crippen molar-refractivity contribution in [2.45, 2.75) is 0 Å². The van der Waals surface area contributed by atoms with E-state index in [1.54, 1.807) is 31.3 Å². The highest BCUT2D eigenvalue weighted by atomic mass is 16.6. The van der Waals surface area contributed by atoms with Gasteiger partial charge < -0.3 is 9.80 Å². The summed E-state index contributed by atoms with van der Waals surface area (Å²) in [6, 6.07) is 22.6. The van der Waals surface area contributed by atoms with Crippen molar-refractivity contribution in [3.05, 3.63) is 93.3 Å². The predicted molar refractivity (Wildman–Crippen MR) is 130 cm³/mol. The van der Waals surface area contributed by atoms with Crippen LogP contribution in [0, 0.1) is 10.1 Å². The van der Waals surface area contributed by atoms with Crippen molar-refractivity contribution >= 4 is 27.8 Å². The monoisotopic (exact) mass is 441 g/mol. The molecule has 0 spiro atoms. The molecule has 0 atom stereocenters. The third-order valence-electron chi connectivity index (χ3n) is 6.14. The van der Waals surface area contributed by atoms with Gasteiger partial charge in [0.05, 0.1) is 16.0 Å². The summed E-state index contributed by atoms with van der Waals surface area (Å²) in [5.41, 5.74) is 2.77. The first-order valence-corrected chi connectivity index (χ1v) is 10.8. The fourth-order valence-electron chi connectivity index (χ4n) is 4.44.